The quantitative estimate of drug-likeness (QED) is 0.564. The third kappa shape index (κ3) is 3.31. The van der Waals surface area contributed by atoms with Crippen molar-refractivity contribution in [1.29, 1.82) is 0 Å². The van der Waals surface area contributed by atoms with Crippen molar-refractivity contribution in [2.75, 3.05) is 6.79 Å². The van der Waals surface area contributed by atoms with E-state index in [1.54, 1.807) is 48.6 Å². The third-order valence-electron chi connectivity index (χ3n) is 3.72. The van der Waals surface area contributed by atoms with E-state index in [1.165, 1.54) is 0 Å². The molecular formula is C19H11Cl2NO4. The van der Waals surface area contributed by atoms with Crippen LogP contribution in [0.3, 0.4) is 0 Å². The van der Waals surface area contributed by atoms with E-state index in [4.69, 9.17) is 37.4 Å². The van der Waals surface area contributed by atoms with E-state index in [-0.39, 0.29) is 18.4 Å². The van der Waals surface area contributed by atoms with E-state index in [2.05, 4.69) is 4.99 Å². The number of fused-ring (bicyclic) bond motifs is 1. The average Bonchev–Trinajstić information content (AvgIpc) is 3.23. The van der Waals surface area contributed by atoms with Gasteiger partial charge < -0.3 is 14.2 Å². The minimum atomic E-state index is -0.528. The molecule has 0 amide bonds. The highest BCUT2D eigenvalue weighted by Gasteiger charge is 2.22. The first-order chi connectivity index (χ1) is 12.6. The molecule has 0 unspecified atom stereocenters. The van der Waals surface area contributed by atoms with Crippen LogP contribution < -0.4 is 9.47 Å². The van der Waals surface area contributed by atoms with Gasteiger partial charge in [-0.2, -0.15) is 0 Å². The van der Waals surface area contributed by atoms with Gasteiger partial charge in [-0.05, 0) is 41.5 Å². The molecule has 5 nitrogen and oxygen atoms in total. The summed E-state index contributed by atoms with van der Waals surface area (Å²) in [6.07, 6.45) is 4.87. The summed E-state index contributed by atoms with van der Waals surface area (Å²) in [6, 6.07) is 10.6. The van der Waals surface area contributed by atoms with Crippen molar-refractivity contribution >= 4 is 47.2 Å². The highest BCUT2D eigenvalue weighted by atomic mass is 35.5. The van der Waals surface area contributed by atoms with E-state index >= 15 is 0 Å². The van der Waals surface area contributed by atoms with Crippen LogP contribution in [-0.2, 0) is 9.53 Å². The molecule has 0 atom stereocenters. The predicted molar refractivity (Wildman–Crippen MR) is 99.6 cm³/mol. The summed E-state index contributed by atoms with van der Waals surface area (Å²) < 4.78 is 15.7. The molecule has 26 heavy (non-hydrogen) atoms. The maximum absolute atomic E-state index is 12.0. The van der Waals surface area contributed by atoms with Crippen LogP contribution in [0.2, 0.25) is 10.0 Å². The lowest BCUT2D eigenvalue weighted by molar-refractivity contribution is -0.129. The Bertz CT molecular complexity index is 995. The first kappa shape index (κ1) is 16.7. The van der Waals surface area contributed by atoms with Gasteiger partial charge >= 0.3 is 5.97 Å². The topological polar surface area (TPSA) is 57.1 Å². The number of halogens is 2. The molecule has 0 saturated heterocycles. The number of hydrogen-bond acceptors (Lipinski definition) is 5. The Morgan fingerprint density at radius 3 is 2.77 bits per heavy atom. The molecule has 0 aliphatic carbocycles. The Morgan fingerprint density at radius 1 is 1.04 bits per heavy atom. The van der Waals surface area contributed by atoms with Crippen molar-refractivity contribution in [2.24, 2.45) is 4.99 Å². The van der Waals surface area contributed by atoms with Gasteiger partial charge in [-0.3, -0.25) is 0 Å². The second-order valence-electron chi connectivity index (χ2n) is 5.46. The van der Waals surface area contributed by atoms with Crippen molar-refractivity contribution in [3.8, 4) is 11.5 Å². The Morgan fingerprint density at radius 2 is 1.88 bits per heavy atom. The number of rotatable bonds is 3. The standard InChI is InChI=1S/C19H11Cl2NO4/c20-13-3-1-2-12(18(13)21)5-7-17-22-14(19(23)26-17)8-11-4-6-15-16(9-11)25-10-24-15/h1-9H,10H2/b7-5+,14-8-. The molecule has 4 rings (SSSR count). The van der Waals surface area contributed by atoms with Crippen molar-refractivity contribution < 1.29 is 19.0 Å². The van der Waals surface area contributed by atoms with Crippen molar-refractivity contribution in [1.82, 2.24) is 0 Å². The van der Waals surface area contributed by atoms with Crippen LogP contribution in [0, 0.1) is 0 Å². The minimum Gasteiger partial charge on any atom is -0.454 e. The molecule has 2 aromatic rings. The molecule has 2 aliphatic rings. The molecule has 0 saturated carbocycles. The maximum atomic E-state index is 12.0. The van der Waals surface area contributed by atoms with Gasteiger partial charge in [0.05, 0.1) is 10.0 Å². The van der Waals surface area contributed by atoms with E-state index in [9.17, 15) is 4.79 Å². The Kier molecular flexibility index (Phi) is 4.41. The molecule has 0 bridgehead atoms. The summed E-state index contributed by atoms with van der Waals surface area (Å²) in [4.78, 5) is 16.2. The number of ether oxygens (including phenoxy) is 3. The molecule has 0 fully saturated rings. The maximum Gasteiger partial charge on any atom is 0.363 e. The molecule has 0 radical (unpaired) electrons. The number of benzene rings is 2. The summed E-state index contributed by atoms with van der Waals surface area (Å²) in [5, 5.41) is 0.869. The van der Waals surface area contributed by atoms with Crippen LogP contribution in [0.25, 0.3) is 12.2 Å². The average molecular weight is 388 g/mol. The lowest BCUT2D eigenvalue weighted by Crippen LogP contribution is -2.01. The number of nitrogens with zero attached hydrogens (tertiary/aromatic N) is 1. The molecule has 130 valence electrons. The lowest BCUT2D eigenvalue weighted by Gasteiger charge is -1.99. The zero-order chi connectivity index (χ0) is 18.1. The molecule has 0 N–H and O–H groups in total. The molecular weight excluding hydrogens is 377 g/mol. The fourth-order valence-corrected chi connectivity index (χ4v) is 2.84. The lowest BCUT2D eigenvalue weighted by atomic mass is 10.1. The fourth-order valence-electron chi connectivity index (χ4n) is 2.47. The molecule has 7 heteroatoms. The summed E-state index contributed by atoms with van der Waals surface area (Å²) in [5.74, 6) is 0.953. The third-order valence-corrected chi connectivity index (χ3v) is 4.56. The number of hydrogen-bond donors (Lipinski definition) is 0. The van der Waals surface area contributed by atoms with E-state index in [0.29, 0.717) is 27.1 Å². The first-order valence-electron chi connectivity index (χ1n) is 7.64. The van der Waals surface area contributed by atoms with E-state index < -0.39 is 5.97 Å². The van der Waals surface area contributed by atoms with E-state index in [1.807, 2.05) is 6.07 Å². The zero-order valence-electron chi connectivity index (χ0n) is 13.2. The summed E-state index contributed by atoms with van der Waals surface area (Å²) in [6.45, 7) is 0.191. The SMILES string of the molecule is O=C1OC(/C=C/c2cccc(Cl)c2Cl)=NC/1=C\c1ccc2c(c1)OCO2. The van der Waals surface area contributed by atoms with Crippen LogP contribution in [0.1, 0.15) is 11.1 Å². The number of cyclic esters (lactones) is 1. The number of carbonyl (C=O) groups excluding carboxylic acids is 1. The van der Waals surface area contributed by atoms with E-state index in [0.717, 1.165) is 5.56 Å². The van der Waals surface area contributed by atoms with Gasteiger partial charge in [-0.1, -0.05) is 41.4 Å². The summed E-state index contributed by atoms with van der Waals surface area (Å²) in [7, 11) is 0. The van der Waals surface area contributed by atoms with Crippen LogP contribution in [-0.4, -0.2) is 18.7 Å². The Labute approximate surface area is 159 Å². The highest BCUT2D eigenvalue weighted by molar-refractivity contribution is 6.42. The van der Waals surface area contributed by atoms with Crippen LogP contribution in [0.4, 0.5) is 0 Å². The van der Waals surface area contributed by atoms with Crippen molar-refractivity contribution in [3.05, 3.63) is 69.3 Å². The largest absolute Gasteiger partial charge is 0.454 e. The van der Waals surface area contributed by atoms with Gasteiger partial charge in [0.1, 0.15) is 0 Å². The molecule has 2 aliphatic heterocycles. The van der Waals surface area contributed by atoms with Gasteiger partial charge in [-0.25, -0.2) is 9.79 Å². The van der Waals surface area contributed by atoms with Crippen LogP contribution >= 0.6 is 23.2 Å². The molecule has 0 aromatic heterocycles. The minimum absolute atomic E-state index is 0.179. The van der Waals surface area contributed by atoms with Gasteiger partial charge in [0.15, 0.2) is 17.2 Å². The normalized spacial score (nSPS) is 17.1. The number of aliphatic imine (C=N–C) groups is 1. The van der Waals surface area contributed by atoms with Crippen molar-refractivity contribution in [3.63, 3.8) is 0 Å². The Hall–Kier alpha value is -2.76. The zero-order valence-corrected chi connectivity index (χ0v) is 14.8. The summed E-state index contributed by atoms with van der Waals surface area (Å²) in [5.41, 5.74) is 1.65. The molecule has 2 aromatic carbocycles. The van der Waals surface area contributed by atoms with Crippen LogP contribution in [0.5, 0.6) is 11.5 Å². The monoisotopic (exact) mass is 387 g/mol. The van der Waals surface area contributed by atoms with Gasteiger partial charge in [-0.15, -0.1) is 0 Å². The highest BCUT2D eigenvalue weighted by Crippen LogP contribution is 2.33. The van der Waals surface area contributed by atoms with Gasteiger partial charge in [0, 0.05) is 6.08 Å². The Balaban J connectivity index is 1.57. The molecule has 2 heterocycles. The second-order valence-corrected chi connectivity index (χ2v) is 6.24. The molecule has 0 spiro atoms. The summed E-state index contributed by atoms with van der Waals surface area (Å²) >= 11 is 12.1. The second kappa shape index (κ2) is 6.86. The number of carbonyl (C=O) groups is 1. The van der Waals surface area contributed by atoms with Gasteiger partial charge in [0.2, 0.25) is 12.7 Å². The van der Waals surface area contributed by atoms with Crippen molar-refractivity contribution in [2.45, 2.75) is 0 Å². The first-order valence-corrected chi connectivity index (χ1v) is 8.40. The number of esters is 1. The smallest absolute Gasteiger partial charge is 0.363 e. The fraction of sp³-hybridized carbons (Fsp3) is 0.0526. The predicted octanol–water partition coefficient (Wildman–Crippen LogP) is 4.73. The van der Waals surface area contributed by atoms with Crippen LogP contribution in [0.15, 0.2) is 53.2 Å². The van der Waals surface area contributed by atoms with Gasteiger partial charge in [0.25, 0.3) is 0 Å².